The van der Waals surface area contributed by atoms with Crippen LogP contribution in [-0.4, -0.2) is 27.1 Å². The number of amides is 1. The number of carbonyl (C=O) groups is 1. The van der Waals surface area contributed by atoms with Gasteiger partial charge in [0, 0.05) is 24.2 Å². The highest BCUT2D eigenvalue weighted by atomic mass is 35.5. The Labute approximate surface area is 169 Å². The molecule has 0 radical (unpaired) electrons. The monoisotopic (exact) mass is 417 g/mol. The summed E-state index contributed by atoms with van der Waals surface area (Å²) in [7, 11) is -3.56. The smallest absolute Gasteiger partial charge is 0.247 e. The fourth-order valence-electron chi connectivity index (χ4n) is 3.75. The first kappa shape index (κ1) is 19.1. The maximum absolute atomic E-state index is 12.5. The third-order valence-corrected chi connectivity index (χ3v) is 6.95. The standard InChI is InChI=1S/C20H20ClN3O3S/c21-17-3-5-18(6-4-17)28(26,27)23-12-13-9-14-1-2-15(11-16(14)10-13)19-7-8-22-24-20(19)25/h1-6,8,11,13,19,23H,7,9-10,12H2,(H,24,25). The van der Waals surface area contributed by atoms with Gasteiger partial charge in [-0.2, -0.15) is 5.10 Å². The van der Waals surface area contributed by atoms with Crippen molar-refractivity contribution in [1.29, 1.82) is 0 Å². The van der Waals surface area contributed by atoms with Crippen molar-refractivity contribution in [2.75, 3.05) is 6.54 Å². The molecule has 2 aromatic rings. The van der Waals surface area contributed by atoms with Gasteiger partial charge in [-0.05, 0) is 59.7 Å². The van der Waals surface area contributed by atoms with Crippen LogP contribution in [0.25, 0.3) is 0 Å². The van der Waals surface area contributed by atoms with Crippen LogP contribution in [0.15, 0.2) is 52.5 Å². The molecule has 1 aliphatic heterocycles. The Morgan fingerprint density at radius 3 is 2.61 bits per heavy atom. The average molecular weight is 418 g/mol. The zero-order valence-corrected chi connectivity index (χ0v) is 16.6. The fraction of sp³-hybridized carbons (Fsp3) is 0.300. The summed E-state index contributed by atoms with van der Waals surface area (Å²) in [5, 5.41) is 4.30. The lowest BCUT2D eigenvalue weighted by molar-refractivity contribution is -0.122. The molecule has 0 aromatic heterocycles. The predicted octanol–water partition coefficient (Wildman–Crippen LogP) is 2.62. The lowest BCUT2D eigenvalue weighted by Crippen LogP contribution is -2.29. The Kier molecular flexibility index (Phi) is 5.23. The number of sulfonamides is 1. The number of halogens is 1. The molecule has 0 saturated carbocycles. The molecule has 0 saturated heterocycles. The van der Waals surface area contributed by atoms with Gasteiger partial charge in [0.15, 0.2) is 0 Å². The molecule has 28 heavy (non-hydrogen) atoms. The van der Waals surface area contributed by atoms with E-state index in [2.05, 4.69) is 27.4 Å². The van der Waals surface area contributed by atoms with Gasteiger partial charge < -0.3 is 0 Å². The molecule has 2 N–H and O–H groups in total. The number of hydrogen-bond acceptors (Lipinski definition) is 4. The highest BCUT2D eigenvalue weighted by Crippen LogP contribution is 2.31. The van der Waals surface area contributed by atoms with Crippen LogP contribution in [0, 0.1) is 5.92 Å². The normalized spacial score (nSPS) is 21.4. The Bertz CT molecular complexity index is 1040. The second kappa shape index (κ2) is 7.66. The predicted molar refractivity (Wildman–Crippen MR) is 108 cm³/mol. The molecule has 1 aliphatic carbocycles. The molecular formula is C20H20ClN3O3S. The molecule has 0 fully saturated rings. The number of rotatable bonds is 5. The van der Waals surface area contributed by atoms with E-state index in [9.17, 15) is 13.2 Å². The van der Waals surface area contributed by atoms with Crippen molar-refractivity contribution in [2.45, 2.75) is 30.1 Å². The quantitative estimate of drug-likeness (QED) is 0.783. The molecule has 146 valence electrons. The first-order valence-corrected chi connectivity index (χ1v) is 11.0. The van der Waals surface area contributed by atoms with Gasteiger partial charge in [0.05, 0.1) is 10.8 Å². The minimum absolute atomic E-state index is 0.0901. The van der Waals surface area contributed by atoms with E-state index >= 15 is 0 Å². The maximum Gasteiger partial charge on any atom is 0.247 e. The minimum Gasteiger partial charge on any atom is -0.272 e. The van der Waals surface area contributed by atoms with Crippen LogP contribution in [-0.2, 0) is 27.7 Å². The minimum atomic E-state index is -3.56. The van der Waals surface area contributed by atoms with Gasteiger partial charge in [-0.25, -0.2) is 18.6 Å². The highest BCUT2D eigenvalue weighted by molar-refractivity contribution is 7.89. The first-order chi connectivity index (χ1) is 13.4. The summed E-state index contributed by atoms with van der Waals surface area (Å²) in [5.41, 5.74) is 5.88. The van der Waals surface area contributed by atoms with Gasteiger partial charge in [0.25, 0.3) is 0 Å². The average Bonchev–Trinajstić information content (AvgIpc) is 3.09. The number of benzene rings is 2. The van der Waals surface area contributed by atoms with E-state index in [1.807, 2.05) is 6.07 Å². The fourth-order valence-corrected chi connectivity index (χ4v) is 5.00. The molecule has 0 bridgehead atoms. The summed E-state index contributed by atoms with van der Waals surface area (Å²) in [6.07, 6.45) is 3.91. The third kappa shape index (κ3) is 3.97. The summed E-state index contributed by atoms with van der Waals surface area (Å²) < 4.78 is 27.6. The van der Waals surface area contributed by atoms with Gasteiger partial charge in [-0.15, -0.1) is 0 Å². The lowest BCUT2D eigenvalue weighted by atomic mass is 9.92. The number of fused-ring (bicyclic) bond motifs is 1. The van der Waals surface area contributed by atoms with Crippen molar-refractivity contribution >= 4 is 33.7 Å². The molecule has 8 heteroatoms. The van der Waals surface area contributed by atoms with Crippen LogP contribution in [0.5, 0.6) is 0 Å². The molecule has 6 nitrogen and oxygen atoms in total. The van der Waals surface area contributed by atoms with Crippen molar-refractivity contribution in [3.8, 4) is 0 Å². The molecule has 1 amide bonds. The Hall–Kier alpha value is -2.22. The van der Waals surface area contributed by atoms with E-state index < -0.39 is 10.0 Å². The van der Waals surface area contributed by atoms with Gasteiger partial charge in [-0.1, -0.05) is 29.8 Å². The topological polar surface area (TPSA) is 87.6 Å². The summed E-state index contributed by atoms with van der Waals surface area (Å²) in [5.74, 6) is -0.118. The molecule has 2 unspecified atom stereocenters. The molecule has 2 atom stereocenters. The van der Waals surface area contributed by atoms with Crippen LogP contribution < -0.4 is 10.1 Å². The van der Waals surface area contributed by atoms with Crippen LogP contribution in [0.1, 0.15) is 29.0 Å². The number of hydrogen-bond donors (Lipinski definition) is 2. The first-order valence-electron chi connectivity index (χ1n) is 9.11. The Morgan fingerprint density at radius 1 is 1.11 bits per heavy atom. The molecule has 2 aliphatic rings. The molecule has 0 spiro atoms. The van der Waals surface area contributed by atoms with Crippen molar-refractivity contribution in [3.05, 3.63) is 64.2 Å². The van der Waals surface area contributed by atoms with E-state index in [1.165, 1.54) is 23.3 Å². The molecule has 1 heterocycles. The Balaban J connectivity index is 1.42. The SMILES string of the molecule is O=C1NN=CCC1c1ccc2c(c1)CC(CNS(=O)(=O)c1ccc(Cl)cc1)C2. The van der Waals surface area contributed by atoms with Crippen molar-refractivity contribution in [3.63, 3.8) is 0 Å². The second-order valence-electron chi connectivity index (χ2n) is 7.18. The highest BCUT2D eigenvalue weighted by Gasteiger charge is 2.27. The summed E-state index contributed by atoms with van der Waals surface area (Å²) in [4.78, 5) is 12.2. The number of hydrazone groups is 1. The van der Waals surface area contributed by atoms with E-state index in [1.54, 1.807) is 18.3 Å². The Morgan fingerprint density at radius 2 is 1.86 bits per heavy atom. The summed E-state index contributed by atoms with van der Waals surface area (Å²) in [6, 6.07) is 12.2. The molecule has 2 aromatic carbocycles. The van der Waals surface area contributed by atoms with Gasteiger partial charge in [0.1, 0.15) is 0 Å². The van der Waals surface area contributed by atoms with Crippen molar-refractivity contribution < 1.29 is 13.2 Å². The van der Waals surface area contributed by atoms with E-state index in [4.69, 9.17) is 11.6 Å². The van der Waals surface area contributed by atoms with E-state index in [0.29, 0.717) is 18.0 Å². The van der Waals surface area contributed by atoms with Crippen LogP contribution >= 0.6 is 11.6 Å². The van der Waals surface area contributed by atoms with Crippen molar-refractivity contribution in [1.82, 2.24) is 10.1 Å². The number of nitrogens with one attached hydrogen (secondary N) is 2. The van der Waals surface area contributed by atoms with Crippen LogP contribution in [0.2, 0.25) is 5.02 Å². The van der Waals surface area contributed by atoms with Gasteiger partial charge >= 0.3 is 0 Å². The summed E-state index contributed by atoms with van der Waals surface area (Å²) >= 11 is 5.82. The zero-order chi connectivity index (χ0) is 19.7. The molecule has 4 rings (SSSR count). The lowest BCUT2D eigenvalue weighted by Gasteiger charge is -2.17. The van der Waals surface area contributed by atoms with Crippen molar-refractivity contribution in [2.24, 2.45) is 11.0 Å². The molecular weight excluding hydrogens is 398 g/mol. The largest absolute Gasteiger partial charge is 0.272 e. The maximum atomic E-state index is 12.5. The third-order valence-electron chi connectivity index (χ3n) is 5.26. The van der Waals surface area contributed by atoms with E-state index in [-0.39, 0.29) is 22.6 Å². The van der Waals surface area contributed by atoms with Gasteiger partial charge in [0.2, 0.25) is 15.9 Å². The number of nitrogens with zero attached hydrogens (tertiary/aromatic N) is 1. The zero-order valence-electron chi connectivity index (χ0n) is 15.1. The van der Waals surface area contributed by atoms with Crippen LogP contribution in [0.4, 0.5) is 0 Å². The number of carbonyl (C=O) groups excluding carboxylic acids is 1. The van der Waals surface area contributed by atoms with Gasteiger partial charge in [-0.3, -0.25) is 4.79 Å². The summed E-state index contributed by atoms with van der Waals surface area (Å²) in [6.45, 7) is 0.367. The van der Waals surface area contributed by atoms with E-state index in [0.717, 1.165) is 18.4 Å². The van der Waals surface area contributed by atoms with Crippen LogP contribution in [0.3, 0.4) is 0 Å². The second-order valence-corrected chi connectivity index (χ2v) is 9.39.